The molecule has 2 N–H and O–H groups in total. The van der Waals surface area contributed by atoms with E-state index in [1.807, 2.05) is 0 Å². The number of nitrogens with one attached hydrogen (secondary N) is 1. The lowest BCUT2D eigenvalue weighted by molar-refractivity contribution is -0.387. The van der Waals surface area contributed by atoms with Crippen molar-refractivity contribution in [3.63, 3.8) is 0 Å². The average Bonchev–Trinajstić information content (AvgIpc) is 2.29. The molecule has 1 saturated carbocycles. The summed E-state index contributed by atoms with van der Waals surface area (Å²) in [5.74, 6) is -3.29. The molecule has 8 heteroatoms. The maximum atomic E-state index is 13.5. The highest BCUT2D eigenvalue weighted by atomic mass is 19.1. The summed E-state index contributed by atoms with van der Waals surface area (Å²) < 4.78 is 26.8. The van der Waals surface area contributed by atoms with Gasteiger partial charge in [0, 0.05) is 6.04 Å². The van der Waals surface area contributed by atoms with Crippen LogP contribution in [0.2, 0.25) is 0 Å². The molecule has 0 atom stereocenters. The van der Waals surface area contributed by atoms with Crippen molar-refractivity contribution in [2.24, 2.45) is 0 Å². The number of carbonyl (C=O) groups excluding carboxylic acids is 1. The molecule has 1 fully saturated rings. The third kappa shape index (κ3) is 2.68. The first-order valence-corrected chi connectivity index (χ1v) is 5.51. The molecule has 6 nitrogen and oxygen atoms in total. The second kappa shape index (κ2) is 4.88. The number of nitro groups is 1. The van der Waals surface area contributed by atoms with Gasteiger partial charge in [0.25, 0.3) is 5.91 Å². The molecular weight excluding hydrogens is 262 g/mol. The number of aliphatic hydroxyl groups excluding tert-OH is 1. The van der Waals surface area contributed by atoms with Crippen molar-refractivity contribution in [1.82, 2.24) is 5.32 Å². The highest BCUT2D eigenvalue weighted by molar-refractivity contribution is 5.95. The van der Waals surface area contributed by atoms with E-state index in [1.165, 1.54) is 0 Å². The average molecular weight is 272 g/mol. The monoisotopic (exact) mass is 272 g/mol. The first kappa shape index (κ1) is 13.3. The Kier molecular flexibility index (Phi) is 3.43. The van der Waals surface area contributed by atoms with Gasteiger partial charge in [0.2, 0.25) is 5.82 Å². The van der Waals surface area contributed by atoms with Crippen molar-refractivity contribution in [3.05, 3.63) is 39.4 Å². The molecule has 1 aliphatic carbocycles. The zero-order valence-electron chi connectivity index (χ0n) is 9.60. The number of nitro benzene ring substituents is 1. The quantitative estimate of drug-likeness (QED) is 0.637. The Morgan fingerprint density at radius 2 is 2.00 bits per heavy atom. The van der Waals surface area contributed by atoms with Crippen molar-refractivity contribution in [2.45, 2.75) is 25.0 Å². The molecule has 1 aliphatic rings. The van der Waals surface area contributed by atoms with Crippen LogP contribution in [0.3, 0.4) is 0 Å². The van der Waals surface area contributed by atoms with E-state index in [1.54, 1.807) is 0 Å². The van der Waals surface area contributed by atoms with Crippen molar-refractivity contribution in [1.29, 1.82) is 0 Å². The minimum absolute atomic E-state index is 0.292. The van der Waals surface area contributed by atoms with E-state index in [4.69, 9.17) is 5.11 Å². The van der Waals surface area contributed by atoms with E-state index in [9.17, 15) is 23.7 Å². The van der Waals surface area contributed by atoms with Crippen molar-refractivity contribution in [2.75, 3.05) is 0 Å². The second-order valence-corrected chi connectivity index (χ2v) is 4.34. The number of halogens is 2. The minimum atomic E-state index is -1.27. The first-order chi connectivity index (χ1) is 8.88. The van der Waals surface area contributed by atoms with Crippen LogP contribution in [0.4, 0.5) is 14.5 Å². The summed E-state index contributed by atoms with van der Waals surface area (Å²) in [6.45, 7) is 0. The third-order valence-corrected chi connectivity index (χ3v) is 2.93. The van der Waals surface area contributed by atoms with Gasteiger partial charge in [-0.05, 0) is 18.9 Å². The lowest BCUT2D eigenvalue weighted by Crippen LogP contribution is -2.46. The van der Waals surface area contributed by atoms with Gasteiger partial charge in [0.1, 0.15) is 5.82 Å². The molecule has 1 amide bonds. The van der Waals surface area contributed by atoms with E-state index < -0.39 is 39.8 Å². The Hall–Kier alpha value is -2.09. The summed E-state index contributed by atoms with van der Waals surface area (Å²) in [6, 6.07) is 0.581. The van der Waals surface area contributed by atoms with Crippen molar-refractivity contribution < 1.29 is 23.6 Å². The summed E-state index contributed by atoms with van der Waals surface area (Å²) in [6.07, 6.45) is 0.204. The van der Waals surface area contributed by atoms with Gasteiger partial charge < -0.3 is 10.4 Å². The maximum absolute atomic E-state index is 13.5. The number of benzene rings is 1. The van der Waals surface area contributed by atoms with Gasteiger partial charge in [0.05, 0.1) is 22.7 Å². The molecule has 0 aromatic heterocycles. The minimum Gasteiger partial charge on any atom is -0.393 e. The van der Waals surface area contributed by atoms with E-state index in [0.717, 1.165) is 0 Å². The van der Waals surface area contributed by atoms with E-state index in [-0.39, 0.29) is 6.04 Å². The van der Waals surface area contributed by atoms with Crippen molar-refractivity contribution >= 4 is 11.6 Å². The zero-order valence-corrected chi connectivity index (χ0v) is 9.60. The van der Waals surface area contributed by atoms with Crippen LogP contribution < -0.4 is 5.32 Å². The number of nitrogens with zero attached hydrogens (tertiary/aromatic N) is 1. The number of hydrogen-bond donors (Lipinski definition) is 2. The summed E-state index contributed by atoms with van der Waals surface area (Å²) in [5, 5.41) is 21.8. The Balaban J connectivity index is 2.18. The fourth-order valence-corrected chi connectivity index (χ4v) is 1.82. The molecule has 0 radical (unpaired) electrons. The first-order valence-electron chi connectivity index (χ1n) is 5.51. The SMILES string of the molecule is O=C(NC1CC(O)C1)c1cc(F)c([N+](=O)[O-])cc1F. The van der Waals surface area contributed by atoms with Gasteiger partial charge in [-0.1, -0.05) is 0 Å². The molecule has 0 unspecified atom stereocenters. The maximum Gasteiger partial charge on any atom is 0.307 e. The Morgan fingerprint density at radius 3 is 2.53 bits per heavy atom. The molecule has 0 saturated heterocycles. The van der Waals surface area contributed by atoms with Gasteiger partial charge in [0.15, 0.2) is 0 Å². The molecule has 1 aromatic rings. The van der Waals surface area contributed by atoms with Crippen LogP contribution in [0.25, 0.3) is 0 Å². The Morgan fingerprint density at radius 1 is 1.37 bits per heavy atom. The van der Waals surface area contributed by atoms with E-state index in [0.29, 0.717) is 25.0 Å². The number of hydrogen-bond acceptors (Lipinski definition) is 4. The van der Waals surface area contributed by atoms with Crippen LogP contribution in [0, 0.1) is 21.7 Å². The predicted octanol–water partition coefficient (Wildman–Crippen LogP) is 1.13. The van der Waals surface area contributed by atoms with Crippen LogP contribution in [0.15, 0.2) is 12.1 Å². The molecule has 102 valence electrons. The van der Waals surface area contributed by atoms with Crippen molar-refractivity contribution in [3.8, 4) is 0 Å². The molecule has 0 heterocycles. The molecular formula is C11H10F2N2O4. The molecule has 1 aromatic carbocycles. The predicted molar refractivity (Wildman–Crippen MR) is 59.5 cm³/mol. The standard InChI is InChI=1S/C11H10F2N2O4/c12-8-4-10(15(18)19)9(13)3-7(8)11(17)14-5-1-6(16)2-5/h3-6,16H,1-2H2,(H,14,17). The van der Waals surface area contributed by atoms with Crippen LogP contribution in [-0.2, 0) is 0 Å². The van der Waals surface area contributed by atoms with Gasteiger partial charge in [-0.15, -0.1) is 0 Å². The lowest BCUT2D eigenvalue weighted by Gasteiger charge is -2.31. The summed E-state index contributed by atoms with van der Waals surface area (Å²) in [4.78, 5) is 21.0. The normalized spacial score (nSPS) is 21.6. The van der Waals surface area contributed by atoms with Crippen LogP contribution in [0.5, 0.6) is 0 Å². The van der Waals surface area contributed by atoms with Crippen LogP contribution in [-0.4, -0.2) is 28.1 Å². The van der Waals surface area contributed by atoms with Crippen LogP contribution >= 0.6 is 0 Å². The van der Waals surface area contributed by atoms with Gasteiger partial charge in [-0.3, -0.25) is 14.9 Å². The highest BCUT2D eigenvalue weighted by Gasteiger charge is 2.30. The smallest absolute Gasteiger partial charge is 0.307 e. The number of carbonyl (C=O) groups is 1. The van der Waals surface area contributed by atoms with E-state index in [2.05, 4.69) is 5.32 Å². The highest BCUT2D eigenvalue weighted by Crippen LogP contribution is 2.23. The summed E-state index contributed by atoms with van der Waals surface area (Å²) in [7, 11) is 0. The zero-order chi connectivity index (χ0) is 14.2. The van der Waals surface area contributed by atoms with Gasteiger partial charge in [-0.2, -0.15) is 4.39 Å². The molecule has 19 heavy (non-hydrogen) atoms. The number of amides is 1. The van der Waals surface area contributed by atoms with Crippen LogP contribution in [0.1, 0.15) is 23.2 Å². The fraction of sp³-hybridized carbons (Fsp3) is 0.364. The number of aliphatic hydroxyl groups is 1. The second-order valence-electron chi connectivity index (χ2n) is 4.34. The molecule has 0 aliphatic heterocycles. The van der Waals surface area contributed by atoms with E-state index >= 15 is 0 Å². The third-order valence-electron chi connectivity index (χ3n) is 2.93. The molecule has 2 rings (SSSR count). The Bertz CT molecular complexity index is 544. The summed E-state index contributed by atoms with van der Waals surface area (Å²) in [5.41, 5.74) is -1.61. The lowest BCUT2D eigenvalue weighted by atomic mass is 9.89. The van der Waals surface area contributed by atoms with Gasteiger partial charge >= 0.3 is 5.69 Å². The largest absolute Gasteiger partial charge is 0.393 e. The molecule has 0 spiro atoms. The Labute approximate surface area is 106 Å². The topological polar surface area (TPSA) is 92.5 Å². The van der Waals surface area contributed by atoms with Gasteiger partial charge in [-0.25, -0.2) is 4.39 Å². The summed E-state index contributed by atoms with van der Waals surface area (Å²) >= 11 is 0. The fourth-order valence-electron chi connectivity index (χ4n) is 1.82. The number of rotatable bonds is 3. The molecule has 0 bridgehead atoms.